The Morgan fingerprint density at radius 3 is 2.54 bits per heavy atom. The van der Waals surface area contributed by atoms with Crippen molar-refractivity contribution in [2.24, 2.45) is 0 Å². The molecular weight excluding hydrogens is 348 g/mol. The number of hydrogen-bond donors (Lipinski definition) is 4. The summed E-state index contributed by atoms with van der Waals surface area (Å²) in [5, 5.41) is 50.7. The number of amides is 1. The molecule has 1 amide bonds. The molecule has 0 radical (unpaired) electrons. The fourth-order valence-corrected chi connectivity index (χ4v) is 3.39. The zero-order valence-corrected chi connectivity index (χ0v) is 13.9. The van der Waals surface area contributed by atoms with Crippen LogP contribution < -0.4 is 9.67 Å². The highest BCUT2D eigenvalue weighted by Gasteiger charge is 2.49. The molecule has 26 heavy (non-hydrogen) atoms. The van der Waals surface area contributed by atoms with Crippen LogP contribution in [0.2, 0.25) is 0 Å². The summed E-state index contributed by atoms with van der Waals surface area (Å²) in [5.74, 6) is -2.12. The third-order valence-corrected chi connectivity index (χ3v) is 4.89. The van der Waals surface area contributed by atoms with Crippen molar-refractivity contribution in [2.75, 3.05) is 7.05 Å². The molecule has 2 aliphatic heterocycles. The molecule has 2 aliphatic rings. The van der Waals surface area contributed by atoms with Crippen LogP contribution in [0.1, 0.15) is 24.3 Å². The van der Waals surface area contributed by atoms with Gasteiger partial charge in [-0.2, -0.15) is 4.57 Å². The van der Waals surface area contributed by atoms with Crippen molar-refractivity contribution in [3.8, 4) is 0 Å². The normalized spacial score (nSPS) is 37.8. The van der Waals surface area contributed by atoms with E-state index in [1.165, 1.54) is 21.9 Å². The van der Waals surface area contributed by atoms with Crippen molar-refractivity contribution in [3.63, 3.8) is 0 Å². The van der Waals surface area contributed by atoms with Gasteiger partial charge in [-0.1, -0.05) is 0 Å². The molecule has 1 aromatic rings. The van der Waals surface area contributed by atoms with Gasteiger partial charge in [-0.05, 0) is 6.07 Å². The van der Waals surface area contributed by atoms with Gasteiger partial charge in [0.05, 0.1) is 12.0 Å². The maximum atomic E-state index is 11.8. The quantitative estimate of drug-likeness (QED) is 0.393. The molecule has 1 aromatic heterocycles. The van der Waals surface area contributed by atoms with Gasteiger partial charge in [-0.15, -0.1) is 0 Å². The van der Waals surface area contributed by atoms with Crippen molar-refractivity contribution in [2.45, 2.75) is 49.2 Å². The lowest BCUT2D eigenvalue weighted by Crippen LogP contribution is -2.65. The van der Waals surface area contributed by atoms with Crippen LogP contribution in [0.3, 0.4) is 0 Å². The van der Waals surface area contributed by atoms with Crippen LogP contribution in [0.4, 0.5) is 0 Å². The number of likely N-dealkylation sites (tertiary alicyclic amines) is 1. The first-order valence-electron chi connectivity index (χ1n) is 8.08. The Bertz CT molecular complexity index is 713. The largest absolute Gasteiger partial charge is 0.547 e. The maximum Gasteiger partial charge on any atom is 0.292 e. The first-order chi connectivity index (χ1) is 12.2. The Morgan fingerprint density at radius 1 is 1.27 bits per heavy atom. The van der Waals surface area contributed by atoms with Gasteiger partial charge in [0.15, 0.2) is 18.5 Å². The molecule has 0 aliphatic carbocycles. The van der Waals surface area contributed by atoms with Crippen LogP contribution in [0.5, 0.6) is 0 Å². The van der Waals surface area contributed by atoms with Crippen molar-refractivity contribution in [1.82, 2.24) is 4.90 Å². The van der Waals surface area contributed by atoms with E-state index in [0.29, 0.717) is 5.56 Å². The van der Waals surface area contributed by atoms with Gasteiger partial charge < -0.3 is 40.0 Å². The van der Waals surface area contributed by atoms with Crippen LogP contribution in [0.25, 0.3) is 0 Å². The Hall–Kier alpha value is -2.11. The highest BCUT2D eigenvalue weighted by molar-refractivity contribution is 5.83. The molecule has 3 heterocycles. The second-order valence-electron chi connectivity index (χ2n) is 6.54. The standard InChI is InChI=1S/C16H20N2O8/c1-17-8(5-9(19)14(17)23)7-3-2-4-18(6-7)15-12(22)10(20)11(21)13(26-15)16(24)25/h2-4,6,8-13,15,19-22H,5H2,1H3/t8-,9+,10?,11?,12?,13?,15?/m0/s1. The number of ether oxygens (including phenoxy) is 1. The molecule has 7 atom stereocenters. The minimum atomic E-state index is -1.83. The molecule has 2 fully saturated rings. The summed E-state index contributed by atoms with van der Waals surface area (Å²) in [7, 11) is 1.55. The Balaban J connectivity index is 1.90. The molecule has 3 rings (SSSR count). The number of aliphatic hydroxyl groups excluding tert-OH is 4. The summed E-state index contributed by atoms with van der Waals surface area (Å²) < 4.78 is 6.57. The summed E-state index contributed by atoms with van der Waals surface area (Å²) in [5.41, 5.74) is 0.626. The van der Waals surface area contributed by atoms with E-state index in [0.717, 1.165) is 0 Å². The van der Waals surface area contributed by atoms with Gasteiger partial charge in [0.25, 0.3) is 12.1 Å². The first-order valence-corrected chi connectivity index (χ1v) is 8.08. The second-order valence-corrected chi connectivity index (χ2v) is 6.54. The van der Waals surface area contributed by atoms with E-state index in [9.17, 15) is 35.1 Å². The zero-order chi connectivity index (χ0) is 19.2. The molecule has 5 unspecified atom stereocenters. The fourth-order valence-electron chi connectivity index (χ4n) is 3.39. The van der Waals surface area contributed by atoms with Crippen molar-refractivity contribution < 1.29 is 44.4 Å². The monoisotopic (exact) mass is 368 g/mol. The number of rotatable bonds is 3. The number of aliphatic hydroxyl groups is 4. The molecule has 2 saturated heterocycles. The van der Waals surface area contributed by atoms with E-state index in [2.05, 4.69) is 0 Å². The third-order valence-electron chi connectivity index (χ3n) is 4.89. The van der Waals surface area contributed by atoms with E-state index in [1.807, 2.05) is 0 Å². The molecule has 0 aromatic carbocycles. The van der Waals surface area contributed by atoms with E-state index in [4.69, 9.17) is 4.74 Å². The van der Waals surface area contributed by atoms with Gasteiger partial charge in [-0.25, -0.2) is 0 Å². The Labute approximate surface area is 148 Å². The molecule has 0 saturated carbocycles. The fraction of sp³-hybridized carbons (Fsp3) is 0.562. The second kappa shape index (κ2) is 6.89. The molecular formula is C16H20N2O8. The number of carbonyl (C=O) groups is 2. The van der Waals surface area contributed by atoms with Gasteiger partial charge in [0.2, 0.25) is 0 Å². The number of aliphatic carboxylic acids is 1. The van der Waals surface area contributed by atoms with Crippen LogP contribution in [0.15, 0.2) is 24.5 Å². The lowest BCUT2D eigenvalue weighted by Gasteiger charge is -2.37. The average molecular weight is 368 g/mol. The lowest BCUT2D eigenvalue weighted by atomic mass is 9.97. The predicted octanol–water partition coefficient (Wildman–Crippen LogP) is -4.03. The average Bonchev–Trinajstić information content (AvgIpc) is 2.87. The minimum absolute atomic E-state index is 0.191. The predicted molar refractivity (Wildman–Crippen MR) is 79.7 cm³/mol. The van der Waals surface area contributed by atoms with Crippen LogP contribution in [0, 0.1) is 0 Å². The van der Waals surface area contributed by atoms with E-state index in [1.54, 1.807) is 19.2 Å². The van der Waals surface area contributed by atoms with Crippen molar-refractivity contribution in [3.05, 3.63) is 30.1 Å². The van der Waals surface area contributed by atoms with E-state index < -0.39 is 54.7 Å². The highest BCUT2D eigenvalue weighted by Crippen LogP contribution is 2.31. The molecule has 4 N–H and O–H groups in total. The number of carboxylic acids is 1. The third kappa shape index (κ3) is 3.06. The van der Waals surface area contributed by atoms with Crippen LogP contribution >= 0.6 is 0 Å². The molecule has 0 spiro atoms. The van der Waals surface area contributed by atoms with Gasteiger partial charge in [0.1, 0.15) is 24.4 Å². The summed E-state index contributed by atoms with van der Waals surface area (Å²) in [4.78, 5) is 24.3. The first kappa shape index (κ1) is 18.7. The summed E-state index contributed by atoms with van der Waals surface area (Å²) >= 11 is 0. The van der Waals surface area contributed by atoms with Crippen LogP contribution in [-0.4, -0.2) is 74.8 Å². The number of carboxylic acid groups (broad SMARTS) is 1. The number of likely N-dealkylation sites (N-methyl/N-ethyl adjacent to an activating group) is 1. The molecule has 10 heteroatoms. The number of nitrogens with zero attached hydrogens (tertiary/aromatic N) is 2. The Morgan fingerprint density at radius 2 is 1.96 bits per heavy atom. The van der Waals surface area contributed by atoms with Crippen LogP contribution in [-0.2, 0) is 14.3 Å². The number of aromatic nitrogens is 1. The highest BCUT2D eigenvalue weighted by atomic mass is 16.6. The number of pyridine rings is 1. The molecule has 142 valence electrons. The van der Waals surface area contributed by atoms with Gasteiger partial charge in [0, 0.05) is 25.1 Å². The van der Waals surface area contributed by atoms with Gasteiger partial charge in [-0.3, -0.25) is 4.79 Å². The Kier molecular flexibility index (Phi) is 4.95. The van der Waals surface area contributed by atoms with Crippen molar-refractivity contribution in [1.29, 1.82) is 0 Å². The summed E-state index contributed by atoms with van der Waals surface area (Å²) in [6.07, 6.45) is -6.16. The molecule has 10 nitrogen and oxygen atoms in total. The maximum absolute atomic E-state index is 11.8. The minimum Gasteiger partial charge on any atom is -0.547 e. The number of hydrogen-bond acceptors (Lipinski definition) is 8. The van der Waals surface area contributed by atoms with E-state index >= 15 is 0 Å². The lowest BCUT2D eigenvalue weighted by molar-refractivity contribution is -0.777. The summed E-state index contributed by atoms with van der Waals surface area (Å²) in [6, 6.07) is 2.90. The zero-order valence-electron chi connectivity index (χ0n) is 13.9. The topological polar surface area (TPSA) is 154 Å². The summed E-state index contributed by atoms with van der Waals surface area (Å²) in [6.45, 7) is 0. The molecule has 0 bridgehead atoms. The van der Waals surface area contributed by atoms with Crippen molar-refractivity contribution >= 4 is 11.9 Å². The SMILES string of the molecule is CN1C(=O)[C@H](O)C[C@H]1c1ccc[n+](C2OC(C(=O)[O-])C(O)C(O)C2O)c1. The number of carbonyl (C=O) groups excluding carboxylic acids is 2. The van der Waals surface area contributed by atoms with E-state index in [-0.39, 0.29) is 6.42 Å². The smallest absolute Gasteiger partial charge is 0.292 e. The van der Waals surface area contributed by atoms with Gasteiger partial charge >= 0.3 is 0 Å².